The highest BCUT2D eigenvalue weighted by Crippen LogP contribution is 2.43. The second-order valence-electron chi connectivity index (χ2n) is 9.34. The highest BCUT2D eigenvalue weighted by Gasteiger charge is 2.48. The number of benzene rings is 3. The molecule has 1 aromatic heterocycles. The van der Waals surface area contributed by atoms with E-state index in [1.165, 1.54) is 16.7 Å². The Kier molecular flexibility index (Phi) is 4.90. The zero-order chi connectivity index (χ0) is 22.3. The Hall–Kier alpha value is -3.60. The number of hydrogen-bond acceptors (Lipinski definition) is 3. The predicted molar refractivity (Wildman–Crippen MR) is 132 cm³/mol. The molecule has 0 aliphatic carbocycles. The summed E-state index contributed by atoms with van der Waals surface area (Å²) in [5.74, 6) is 1.25. The number of nitrogens with zero attached hydrogens (tertiary/aromatic N) is 3. The molecule has 33 heavy (non-hydrogen) atoms. The minimum absolute atomic E-state index is 0.218. The molecular weight excluding hydrogens is 408 g/mol. The van der Waals surface area contributed by atoms with E-state index in [0.29, 0.717) is 12.5 Å². The van der Waals surface area contributed by atoms with Crippen LogP contribution < -0.4 is 4.90 Å². The molecule has 1 amide bonds. The zero-order valence-electron chi connectivity index (χ0n) is 18.7. The van der Waals surface area contributed by atoms with Crippen molar-refractivity contribution >= 4 is 22.9 Å². The fourth-order valence-corrected chi connectivity index (χ4v) is 5.51. The summed E-state index contributed by atoms with van der Waals surface area (Å²) in [7, 11) is 0. The van der Waals surface area contributed by atoms with Crippen LogP contribution >= 0.6 is 0 Å². The Morgan fingerprint density at radius 1 is 0.818 bits per heavy atom. The number of hydrogen-bond donors (Lipinski definition) is 1. The van der Waals surface area contributed by atoms with Gasteiger partial charge in [0.2, 0.25) is 11.9 Å². The van der Waals surface area contributed by atoms with Crippen molar-refractivity contribution in [3.05, 3.63) is 84.4 Å². The second-order valence-corrected chi connectivity index (χ2v) is 9.34. The lowest BCUT2D eigenvalue weighted by Crippen LogP contribution is -2.45. The van der Waals surface area contributed by atoms with E-state index in [2.05, 4.69) is 69.4 Å². The van der Waals surface area contributed by atoms with Gasteiger partial charge in [-0.2, -0.15) is 0 Å². The second kappa shape index (κ2) is 8.07. The van der Waals surface area contributed by atoms with Crippen molar-refractivity contribution in [2.24, 2.45) is 5.41 Å². The molecule has 0 radical (unpaired) electrons. The lowest BCUT2D eigenvalue weighted by atomic mass is 9.77. The number of carbonyl (C=O) groups is 1. The molecule has 1 spiro atoms. The van der Waals surface area contributed by atoms with E-state index in [9.17, 15) is 4.79 Å². The van der Waals surface area contributed by atoms with Crippen molar-refractivity contribution in [2.75, 3.05) is 24.5 Å². The molecule has 4 aromatic rings. The molecule has 0 unspecified atom stereocenters. The van der Waals surface area contributed by atoms with Crippen molar-refractivity contribution in [2.45, 2.75) is 25.8 Å². The van der Waals surface area contributed by atoms with Crippen LogP contribution in [0.2, 0.25) is 0 Å². The van der Waals surface area contributed by atoms with Crippen LogP contribution in [-0.4, -0.2) is 40.4 Å². The average molecular weight is 437 g/mol. The number of piperidine rings is 1. The van der Waals surface area contributed by atoms with Crippen molar-refractivity contribution in [3.63, 3.8) is 0 Å². The maximum Gasteiger partial charge on any atom is 0.229 e. The molecule has 2 fully saturated rings. The maximum atomic E-state index is 13.6. The first-order chi connectivity index (χ1) is 16.2. The number of imidazole rings is 1. The monoisotopic (exact) mass is 436 g/mol. The van der Waals surface area contributed by atoms with Gasteiger partial charge in [-0.05, 0) is 48.1 Å². The van der Waals surface area contributed by atoms with Crippen molar-refractivity contribution in [1.29, 1.82) is 0 Å². The zero-order valence-corrected chi connectivity index (χ0v) is 18.7. The molecule has 166 valence electrons. The molecule has 5 heteroatoms. The summed E-state index contributed by atoms with van der Waals surface area (Å²) >= 11 is 0. The van der Waals surface area contributed by atoms with Gasteiger partial charge >= 0.3 is 0 Å². The third-order valence-electron chi connectivity index (χ3n) is 7.46. The molecule has 3 aromatic carbocycles. The van der Waals surface area contributed by atoms with Crippen molar-refractivity contribution in [3.8, 4) is 11.1 Å². The number of rotatable bonds is 4. The number of amides is 1. The normalized spacial score (nSPS) is 17.9. The number of H-pyrrole nitrogens is 1. The molecule has 0 bridgehead atoms. The Balaban J connectivity index is 1.16. The highest BCUT2D eigenvalue weighted by atomic mass is 16.2. The summed E-state index contributed by atoms with van der Waals surface area (Å²) in [5.41, 5.74) is 5.47. The lowest BCUT2D eigenvalue weighted by molar-refractivity contribution is -0.137. The van der Waals surface area contributed by atoms with Gasteiger partial charge in [-0.25, -0.2) is 4.98 Å². The maximum absolute atomic E-state index is 13.6. The summed E-state index contributed by atoms with van der Waals surface area (Å²) in [5, 5.41) is 0. The van der Waals surface area contributed by atoms with Gasteiger partial charge in [-0.3, -0.25) is 4.79 Å². The largest absolute Gasteiger partial charge is 0.342 e. The number of anilines is 1. The number of likely N-dealkylation sites (tertiary alicyclic amines) is 1. The summed E-state index contributed by atoms with van der Waals surface area (Å²) in [6.45, 7) is 3.24. The van der Waals surface area contributed by atoms with Gasteiger partial charge in [-0.1, -0.05) is 66.7 Å². The molecule has 2 aliphatic rings. The van der Waals surface area contributed by atoms with Crippen LogP contribution in [0.4, 0.5) is 5.95 Å². The first-order valence-electron chi connectivity index (χ1n) is 11.8. The van der Waals surface area contributed by atoms with Gasteiger partial charge < -0.3 is 14.8 Å². The molecule has 2 saturated heterocycles. The molecular formula is C28H28N4O. The number of aromatic nitrogens is 2. The molecule has 0 atom stereocenters. The standard InChI is InChI=1S/C28H28N4O/c33-26-28(14-17-31(18-15-28)27-29-24-12-6-7-13-25(24)30-27)16-19-32(26)20-22-10-4-5-11-23(22)21-8-2-1-3-9-21/h1-13H,14-20H2,(H,29,30). The Labute approximate surface area is 194 Å². The van der Waals surface area contributed by atoms with Gasteiger partial charge in [0, 0.05) is 26.2 Å². The quantitative estimate of drug-likeness (QED) is 0.475. The van der Waals surface area contributed by atoms with E-state index in [1.54, 1.807) is 0 Å². The van der Waals surface area contributed by atoms with Crippen LogP contribution in [0.3, 0.4) is 0 Å². The summed E-state index contributed by atoms with van der Waals surface area (Å²) < 4.78 is 0. The molecule has 2 aliphatic heterocycles. The number of fused-ring (bicyclic) bond motifs is 1. The Morgan fingerprint density at radius 3 is 2.33 bits per heavy atom. The van der Waals surface area contributed by atoms with Crippen LogP contribution in [0.15, 0.2) is 78.9 Å². The topological polar surface area (TPSA) is 52.2 Å². The fourth-order valence-electron chi connectivity index (χ4n) is 5.51. The molecule has 1 N–H and O–H groups in total. The van der Waals surface area contributed by atoms with E-state index in [1.807, 2.05) is 24.3 Å². The third kappa shape index (κ3) is 3.58. The van der Waals surface area contributed by atoms with E-state index in [-0.39, 0.29) is 5.41 Å². The SMILES string of the molecule is O=C1N(Cc2ccccc2-c2ccccc2)CCC12CCN(c1nc3ccccc3[nH]1)CC2. The van der Waals surface area contributed by atoms with Gasteiger partial charge in [0.05, 0.1) is 16.4 Å². The van der Waals surface area contributed by atoms with E-state index >= 15 is 0 Å². The van der Waals surface area contributed by atoms with Crippen LogP contribution in [-0.2, 0) is 11.3 Å². The van der Waals surface area contributed by atoms with Crippen molar-refractivity contribution in [1.82, 2.24) is 14.9 Å². The van der Waals surface area contributed by atoms with Gasteiger partial charge in [0.1, 0.15) is 0 Å². The fraction of sp³-hybridized carbons (Fsp3) is 0.286. The van der Waals surface area contributed by atoms with Gasteiger partial charge in [-0.15, -0.1) is 0 Å². The number of carbonyl (C=O) groups excluding carboxylic acids is 1. The average Bonchev–Trinajstić information content (AvgIpc) is 3.43. The Bertz CT molecular complexity index is 1250. The van der Waals surface area contributed by atoms with Crippen LogP contribution in [0.25, 0.3) is 22.2 Å². The van der Waals surface area contributed by atoms with Crippen molar-refractivity contribution < 1.29 is 4.79 Å². The van der Waals surface area contributed by atoms with E-state index in [0.717, 1.165) is 55.9 Å². The van der Waals surface area contributed by atoms with Gasteiger partial charge in [0.25, 0.3) is 0 Å². The molecule has 3 heterocycles. The minimum Gasteiger partial charge on any atom is -0.342 e. The minimum atomic E-state index is -0.218. The first-order valence-corrected chi connectivity index (χ1v) is 11.8. The number of nitrogens with one attached hydrogen (secondary N) is 1. The van der Waals surface area contributed by atoms with E-state index in [4.69, 9.17) is 4.98 Å². The number of aromatic amines is 1. The smallest absolute Gasteiger partial charge is 0.229 e. The van der Waals surface area contributed by atoms with Crippen LogP contribution in [0, 0.1) is 5.41 Å². The summed E-state index contributed by atoms with van der Waals surface area (Å²) in [4.78, 5) is 26.2. The van der Waals surface area contributed by atoms with E-state index < -0.39 is 0 Å². The molecule has 5 nitrogen and oxygen atoms in total. The molecule has 0 saturated carbocycles. The summed E-state index contributed by atoms with van der Waals surface area (Å²) in [6, 6.07) is 27.0. The van der Waals surface area contributed by atoms with Gasteiger partial charge in [0.15, 0.2) is 0 Å². The van der Waals surface area contributed by atoms with Crippen LogP contribution in [0.1, 0.15) is 24.8 Å². The third-order valence-corrected chi connectivity index (χ3v) is 7.46. The first kappa shape index (κ1) is 20.0. The van der Waals surface area contributed by atoms with Crippen LogP contribution in [0.5, 0.6) is 0 Å². The summed E-state index contributed by atoms with van der Waals surface area (Å²) in [6.07, 6.45) is 2.73. The Morgan fingerprint density at radius 2 is 1.52 bits per heavy atom. The predicted octanol–water partition coefficient (Wildman–Crippen LogP) is 5.25. The molecule has 6 rings (SSSR count). The lowest BCUT2D eigenvalue weighted by Gasteiger charge is -2.37. The number of para-hydroxylation sites is 2. The highest BCUT2D eigenvalue weighted by molar-refractivity contribution is 5.85.